The fourth-order valence-electron chi connectivity index (χ4n) is 2.25. The molecule has 144 valence electrons. The van der Waals surface area contributed by atoms with Gasteiger partial charge in [0.05, 0.1) is 12.6 Å². The molecule has 7 nitrogen and oxygen atoms in total. The highest BCUT2D eigenvalue weighted by Gasteiger charge is 2.14. The number of aromatic nitrogens is 2. The highest BCUT2D eigenvalue weighted by Crippen LogP contribution is 2.17. The third kappa shape index (κ3) is 6.73. The molecule has 1 heterocycles. The van der Waals surface area contributed by atoms with Gasteiger partial charge in [0.15, 0.2) is 11.8 Å². The van der Waals surface area contributed by atoms with Crippen molar-refractivity contribution in [2.45, 2.75) is 39.5 Å². The average molecular weight is 494 g/mol. The van der Waals surface area contributed by atoms with E-state index in [4.69, 9.17) is 20.9 Å². The molecule has 26 heavy (non-hydrogen) atoms. The zero-order chi connectivity index (χ0) is 18.2. The number of nitrogens with zero attached hydrogens (tertiary/aromatic N) is 3. The minimum absolute atomic E-state index is 0. The number of benzene rings is 1. The molecular formula is C17H25ClIN5O2. The number of hydrogen-bond acceptors (Lipinski definition) is 5. The van der Waals surface area contributed by atoms with E-state index in [0.717, 1.165) is 5.56 Å². The number of hydrogen-bond donors (Lipinski definition) is 2. The average Bonchev–Trinajstić information content (AvgIpc) is 3.07. The number of rotatable bonds is 7. The first-order chi connectivity index (χ1) is 12.0. The van der Waals surface area contributed by atoms with E-state index < -0.39 is 0 Å². The normalized spacial score (nSPS) is 13.7. The molecule has 0 saturated carbocycles. The van der Waals surface area contributed by atoms with Gasteiger partial charge >= 0.3 is 0 Å². The van der Waals surface area contributed by atoms with Gasteiger partial charge in [-0.15, -0.1) is 24.0 Å². The van der Waals surface area contributed by atoms with Crippen LogP contribution < -0.4 is 10.6 Å². The van der Waals surface area contributed by atoms with E-state index >= 15 is 0 Å². The number of nitrogens with one attached hydrogen (secondary N) is 2. The summed E-state index contributed by atoms with van der Waals surface area (Å²) < 4.78 is 10.7. The predicted molar refractivity (Wildman–Crippen MR) is 113 cm³/mol. The van der Waals surface area contributed by atoms with E-state index in [1.807, 2.05) is 45.0 Å². The van der Waals surface area contributed by atoms with Crippen molar-refractivity contribution in [2.75, 3.05) is 13.7 Å². The summed E-state index contributed by atoms with van der Waals surface area (Å²) in [6.45, 7) is 6.82. The topological polar surface area (TPSA) is 84.6 Å². The molecule has 0 saturated heterocycles. The Balaban J connectivity index is 0.00000338. The van der Waals surface area contributed by atoms with Crippen molar-refractivity contribution in [1.82, 2.24) is 20.8 Å². The van der Waals surface area contributed by atoms with Crippen LogP contribution in [0.4, 0.5) is 0 Å². The lowest BCUT2D eigenvalue weighted by Gasteiger charge is -2.17. The molecule has 2 rings (SSSR count). The molecule has 1 aromatic heterocycles. The van der Waals surface area contributed by atoms with Crippen molar-refractivity contribution in [2.24, 2.45) is 4.99 Å². The summed E-state index contributed by atoms with van der Waals surface area (Å²) in [6, 6.07) is 7.75. The molecule has 0 bridgehead atoms. The van der Waals surface area contributed by atoms with Gasteiger partial charge in [0.2, 0.25) is 5.89 Å². The van der Waals surface area contributed by atoms with Crippen molar-refractivity contribution in [1.29, 1.82) is 0 Å². The van der Waals surface area contributed by atoms with Crippen LogP contribution in [0.1, 0.15) is 50.2 Å². The van der Waals surface area contributed by atoms with Crippen LogP contribution in [0.2, 0.25) is 5.02 Å². The Morgan fingerprint density at radius 3 is 2.81 bits per heavy atom. The van der Waals surface area contributed by atoms with Gasteiger partial charge in [-0.05, 0) is 38.5 Å². The minimum Gasteiger partial charge on any atom is -0.371 e. The Kier molecular flexibility index (Phi) is 9.89. The highest BCUT2D eigenvalue weighted by atomic mass is 127. The van der Waals surface area contributed by atoms with Gasteiger partial charge in [0.1, 0.15) is 6.10 Å². The van der Waals surface area contributed by atoms with Crippen LogP contribution in [0, 0.1) is 0 Å². The SMILES string of the molecule is CCOC(C)c1noc(CNC(=NC)NC(C)c2cccc(Cl)c2)n1.I. The Bertz CT molecular complexity index is 710. The standard InChI is InChI=1S/C17H24ClN5O2.HI/c1-5-24-12(3)16-22-15(25-23-16)10-20-17(19-4)21-11(2)13-7-6-8-14(18)9-13;/h6-9,11-12H,5,10H2,1-4H3,(H2,19,20,21);1H. The molecule has 0 spiro atoms. The van der Waals surface area contributed by atoms with Crippen LogP contribution >= 0.6 is 35.6 Å². The molecule has 0 radical (unpaired) electrons. The maximum atomic E-state index is 6.04. The molecule has 0 amide bonds. The Morgan fingerprint density at radius 2 is 2.15 bits per heavy atom. The summed E-state index contributed by atoms with van der Waals surface area (Å²) in [5.41, 5.74) is 1.07. The summed E-state index contributed by atoms with van der Waals surface area (Å²) >= 11 is 6.04. The molecule has 2 unspecified atom stereocenters. The first-order valence-electron chi connectivity index (χ1n) is 8.20. The predicted octanol–water partition coefficient (Wildman–Crippen LogP) is 3.86. The smallest absolute Gasteiger partial charge is 0.246 e. The first-order valence-corrected chi connectivity index (χ1v) is 8.58. The molecule has 0 aliphatic heterocycles. The van der Waals surface area contributed by atoms with E-state index in [2.05, 4.69) is 25.8 Å². The fourth-order valence-corrected chi connectivity index (χ4v) is 2.45. The lowest BCUT2D eigenvalue weighted by atomic mass is 10.1. The summed E-state index contributed by atoms with van der Waals surface area (Å²) in [4.78, 5) is 8.53. The number of aliphatic imine (C=N–C) groups is 1. The largest absolute Gasteiger partial charge is 0.371 e. The number of ether oxygens (including phenoxy) is 1. The van der Waals surface area contributed by atoms with Gasteiger partial charge in [-0.1, -0.05) is 28.9 Å². The van der Waals surface area contributed by atoms with Gasteiger partial charge in [0, 0.05) is 18.7 Å². The molecule has 0 aliphatic rings. The molecule has 2 atom stereocenters. The van der Waals surface area contributed by atoms with Gasteiger partial charge in [-0.2, -0.15) is 4.98 Å². The maximum absolute atomic E-state index is 6.04. The zero-order valence-corrected chi connectivity index (χ0v) is 18.4. The van der Waals surface area contributed by atoms with E-state index in [9.17, 15) is 0 Å². The van der Waals surface area contributed by atoms with Gasteiger partial charge < -0.3 is 19.9 Å². The van der Waals surface area contributed by atoms with Crippen molar-refractivity contribution < 1.29 is 9.26 Å². The Labute approximate surface area is 176 Å². The fraction of sp³-hybridized carbons (Fsp3) is 0.471. The molecular weight excluding hydrogens is 469 g/mol. The van der Waals surface area contributed by atoms with Gasteiger partial charge in [0.25, 0.3) is 0 Å². The monoisotopic (exact) mass is 493 g/mol. The molecule has 2 N–H and O–H groups in total. The second-order valence-electron chi connectivity index (χ2n) is 5.49. The lowest BCUT2D eigenvalue weighted by Crippen LogP contribution is -2.38. The molecule has 0 fully saturated rings. The second-order valence-corrected chi connectivity index (χ2v) is 5.93. The van der Waals surface area contributed by atoms with Crippen LogP contribution in [0.3, 0.4) is 0 Å². The minimum atomic E-state index is -0.192. The van der Waals surface area contributed by atoms with Crippen LogP contribution in [0.5, 0.6) is 0 Å². The third-order valence-electron chi connectivity index (χ3n) is 3.60. The van der Waals surface area contributed by atoms with Crippen molar-refractivity contribution in [3.63, 3.8) is 0 Å². The third-order valence-corrected chi connectivity index (χ3v) is 3.83. The van der Waals surface area contributed by atoms with Crippen LogP contribution in [-0.4, -0.2) is 29.8 Å². The summed E-state index contributed by atoms with van der Waals surface area (Å²) in [5, 5.41) is 11.1. The van der Waals surface area contributed by atoms with E-state index in [1.54, 1.807) is 7.05 Å². The van der Waals surface area contributed by atoms with Gasteiger partial charge in [-0.3, -0.25) is 4.99 Å². The van der Waals surface area contributed by atoms with Crippen molar-refractivity contribution in [3.05, 3.63) is 46.6 Å². The molecule has 0 aliphatic carbocycles. The highest BCUT2D eigenvalue weighted by molar-refractivity contribution is 14.0. The van der Waals surface area contributed by atoms with E-state index in [0.29, 0.717) is 35.8 Å². The Morgan fingerprint density at radius 1 is 1.38 bits per heavy atom. The van der Waals surface area contributed by atoms with Crippen molar-refractivity contribution in [3.8, 4) is 0 Å². The number of halogens is 2. The molecule has 9 heteroatoms. The first kappa shape index (κ1) is 22.7. The van der Waals surface area contributed by atoms with Crippen molar-refractivity contribution >= 4 is 41.5 Å². The summed E-state index contributed by atoms with van der Waals surface area (Å²) in [5.74, 6) is 1.64. The van der Waals surface area contributed by atoms with Gasteiger partial charge in [-0.25, -0.2) is 0 Å². The van der Waals surface area contributed by atoms with E-state index in [-0.39, 0.29) is 36.1 Å². The van der Waals surface area contributed by atoms with Crippen LogP contribution in [0.25, 0.3) is 0 Å². The van der Waals surface area contributed by atoms with E-state index in [1.165, 1.54) is 0 Å². The summed E-state index contributed by atoms with van der Waals surface area (Å²) in [7, 11) is 1.70. The maximum Gasteiger partial charge on any atom is 0.246 e. The zero-order valence-electron chi connectivity index (χ0n) is 15.3. The Hall–Kier alpha value is -1.39. The van der Waals surface area contributed by atoms with Crippen LogP contribution in [0.15, 0.2) is 33.8 Å². The molecule has 2 aromatic rings. The summed E-state index contributed by atoms with van der Waals surface area (Å²) in [6.07, 6.45) is -0.192. The lowest BCUT2D eigenvalue weighted by molar-refractivity contribution is 0.0683. The van der Waals surface area contributed by atoms with Crippen LogP contribution in [-0.2, 0) is 11.3 Å². The quantitative estimate of drug-likeness (QED) is 0.346. The second kappa shape index (κ2) is 11.3. The molecule has 1 aromatic carbocycles. The number of guanidine groups is 1.